The summed E-state index contributed by atoms with van der Waals surface area (Å²) in [7, 11) is 0. The standard InChI is InChI=1S/C31H49F3O2/c1-7-21(19(2)3)9-8-20(4)25-12-13-26-24-11-10-22-18-23(36-28(35)31(32,33)34)14-16-29(22,5)27(24)15-17-30(25,26)6/h10,19-21,23-27H,7-9,11-18H2,1-6H3/t20-,21-,23+,24+,25-,26+,27+,29+,30-/m1/s1. The van der Waals surface area contributed by atoms with E-state index in [4.69, 9.17) is 4.74 Å². The molecular weight excluding hydrogens is 461 g/mol. The number of rotatable bonds is 7. The number of allylic oxidation sites excluding steroid dienone is 1. The Morgan fingerprint density at radius 1 is 1.06 bits per heavy atom. The van der Waals surface area contributed by atoms with E-state index in [2.05, 4.69) is 47.6 Å². The second-order valence-electron chi connectivity index (χ2n) is 13.7. The van der Waals surface area contributed by atoms with E-state index in [1.165, 1.54) is 50.5 Å². The number of carbonyl (C=O) groups is 1. The predicted octanol–water partition coefficient (Wildman–Crippen LogP) is 9.14. The van der Waals surface area contributed by atoms with E-state index in [0.717, 1.165) is 42.4 Å². The highest BCUT2D eigenvalue weighted by Crippen LogP contribution is 2.67. The van der Waals surface area contributed by atoms with Gasteiger partial charge in [0.2, 0.25) is 0 Å². The lowest BCUT2D eigenvalue weighted by molar-refractivity contribution is -0.206. The summed E-state index contributed by atoms with van der Waals surface area (Å²) in [5.41, 5.74) is 1.71. The van der Waals surface area contributed by atoms with Gasteiger partial charge in [0.15, 0.2) is 0 Å². The molecule has 5 heteroatoms. The smallest absolute Gasteiger partial charge is 0.455 e. The number of alkyl halides is 3. The van der Waals surface area contributed by atoms with Crippen LogP contribution in [0.15, 0.2) is 11.6 Å². The minimum atomic E-state index is -4.91. The van der Waals surface area contributed by atoms with Gasteiger partial charge in [-0.15, -0.1) is 0 Å². The fraction of sp³-hybridized carbons (Fsp3) is 0.903. The van der Waals surface area contributed by atoms with Gasteiger partial charge in [-0.2, -0.15) is 13.2 Å². The molecule has 4 aliphatic carbocycles. The van der Waals surface area contributed by atoms with Crippen molar-refractivity contribution in [2.75, 3.05) is 0 Å². The zero-order chi connectivity index (χ0) is 26.5. The average Bonchev–Trinajstić information content (AvgIpc) is 3.16. The topological polar surface area (TPSA) is 26.3 Å². The zero-order valence-corrected chi connectivity index (χ0v) is 23.4. The highest BCUT2D eigenvalue weighted by Gasteiger charge is 2.59. The zero-order valence-electron chi connectivity index (χ0n) is 23.4. The van der Waals surface area contributed by atoms with Crippen molar-refractivity contribution in [2.45, 2.75) is 124 Å². The number of carbonyl (C=O) groups excluding carboxylic acids is 1. The number of halogens is 3. The number of hydrogen-bond donors (Lipinski definition) is 0. The Kier molecular flexibility index (Phi) is 8.00. The van der Waals surface area contributed by atoms with Crippen molar-refractivity contribution >= 4 is 5.97 Å². The molecule has 4 rings (SSSR count). The van der Waals surface area contributed by atoms with Gasteiger partial charge in [0.05, 0.1) is 0 Å². The molecule has 0 aromatic heterocycles. The molecule has 0 aromatic rings. The van der Waals surface area contributed by atoms with Crippen LogP contribution in [0.1, 0.15) is 112 Å². The quantitative estimate of drug-likeness (QED) is 0.252. The minimum Gasteiger partial charge on any atom is -0.455 e. The van der Waals surface area contributed by atoms with Crippen LogP contribution in [0.5, 0.6) is 0 Å². The molecule has 0 aliphatic heterocycles. The maximum atomic E-state index is 12.7. The largest absolute Gasteiger partial charge is 0.490 e. The van der Waals surface area contributed by atoms with Crippen LogP contribution in [0.2, 0.25) is 0 Å². The van der Waals surface area contributed by atoms with Gasteiger partial charge in [-0.3, -0.25) is 0 Å². The van der Waals surface area contributed by atoms with Crippen molar-refractivity contribution in [2.24, 2.45) is 52.3 Å². The van der Waals surface area contributed by atoms with Gasteiger partial charge in [0, 0.05) is 6.42 Å². The molecule has 0 heterocycles. The van der Waals surface area contributed by atoms with Crippen LogP contribution in [-0.2, 0) is 9.53 Å². The SMILES string of the molecule is CC[C@H](CC[C@@H](C)[C@H]1CC[C@H]2[C@@H]3CC=C4C[C@@H](OC(=O)C(F)(F)F)CC[C@]4(C)[C@H]3CC[C@]12C)C(C)C. The Labute approximate surface area is 217 Å². The third-order valence-electron chi connectivity index (χ3n) is 11.8. The number of hydrogen-bond acceptors (Lipinski definition) is 2. The second kappa shape index (κ2) is 10.3. The van der Waals surface area contributed by atoms with E-state index in [1.54, 1.807) is 0 Å². The summed E-state index contributed by atoms with van der Waals surface area (Å²) in [6, 6.07) is 0. The highest BCUT2D eigenvalue weighted by molar-refractivity contribution is 5.75. The Morgan fingerprint density at radius 3 is 2.42 bits per heavy atom. The number of ether oxygens (including phenoxy) is 1. The first-order valence-corrected chi connectivity index (χ1v) is 14.8. The molecule has 0 radical (unpaired) electrons. The monoisotopic (exact) mass is 510 g/mol. The molecule has 2 nitrogen and oxygen atoms in total. The molecule has 0 unspecified atom stereocenters. The van der Waals surface area contributed by atoms with Crippen molar-refractivity contribution < 1.29 is 22.7 Å². The summed E-state index contributed by atoms with van der Waals surface area (Å²) in [5, 5.41) is 0. The molecule has 0 amide bonds. The van der Waals surface area contributed by atoms with E-state index in [9.17, 15) is 18.0 Å². The molecule has 0 saturated heterocycles. The summed E-state index contributed by atoms with van der Waals surface area (Å²) in [6.07, 6.45) is 8.83. The van der Waals surface area contributed by atoms with Gasteiger partial charge in [0.25, 0.3) is 0 Å². The van der Waals surface area contributed by atoms with Crippen molar-refractivity contribution in [3.05, 3.63) is 11.6 Å². The molecule has 3 saturated carbocycles. The predicted molar refractivity (Wildman–Crippen MR) is 138 cm³/mol. The van der Waals surface area contributed by atoms with Crippen LogP contribution in [-0.4, -0.2) is 18.2 Å². The van der Waals surface area contributed by atoms with Gasteiger partial charge in [-0.05, 0) is 104 Å². The Hall–Kier alpha value is -1.00. The molecule has 3 fully saturated rings. The summed E-state index contributed by atoms with van der Waals surface area (Å²) in [4.78, 5) is 11.4. The van der Waals surface area contributed by atoms with Crippen LogP contribution < -0.4 is 0 Å². The molecule has 36 heavy (non-hydrogen) atoms. The van der Waals surface area contributed by atoms with Gasteiger partial charge in [0.1, 0.15) is 6.10 Å². The van der Waals surface area contributed by atoms with E-state index in [0.29, 0.717) is 30.1 Å². The molecular formula is C31H49F3O2. The molecule has 0 N–H and O–H groups in total. The van der Waals surface area contributed by atoms with Crippen molar-refractivity contribution in [1.29, 1.82) is 0 Å². The molecule has 4 aliphatic rings. The van der Waals surface area contributed by atoms with Crippen molar-refractivity contribution in [3.8, 4) is 0 Å². The first kappa shape index (κ1) is 28.0. The lowest BCUT2D eigenvalue weighted by Gasteiger charge is -2.58. The molecule has 0 spiro atoms. The fourth-order valence-electron chi connectivity index (χ4n) is 9.61. The van der Waals surface area contributed by atoms with Gasteiger partial charge in [-0.25, -0.2) is 4.79 Å². The third kappa shape index (κ3) is 5.03. The van der Waals surface area contributed by atoms with E-state index in [1.807, 2.05) is 0 Å². The Bertz CT molecular complexity index is 832. The van der Waals surface area contributed by atoms with Gasteiger partial charge >= 0.3 is 12.1 Å². The molecule has 206 valence electrons. The summed E-state index contributed by atoms with van der Waals surface area (Å²) < 4.78 is 43.1. The van der Waals surface area contributed by atoms with Crippen LogP contribution in [0, 0.1) is 52.3 Å². The third-order valence-corrected chi connectivity index (χ3v) is 11.8. The van der Waals surface area contributed by atoms with Gasteiger partial charge < -0.3 is 4.74 Å². The maximum absolute atomic E-state index is 12.7. The van der Waals surface area contributed by atoms with Crippen LogP contribution >= 0.6 is 0 Å². The van der Waals surface area contributed by atoms with E-state index < -0.39 is 18.2 Å². The summed E-state index contributed by atoms with van der Waals surface area (Å²) in [6.45, 7) is 14.5. The van der Waals surface area contributed by atoms with E-state index >= 15 is 0 Å². The molecule has 9 atom stereocenters. The van der Waals surface area contributed by atoms with Crippen LogP contribution in [0.4, 0.5) is 13.2 Å². The summed E-state index contributed by atoms with van der Waals surface area (Å²) >= 11 is 0. The van der Waals surface area contributed by atoms with Gasteiger partial charge in [-0.1, -0.05) is 66.0 Å². The lowest BCUT2D eigenvalue weighted by Crippen LogP contribution is -2.51. The Balaban J connectivity index is 1.44. The first-order chi connectivity index (χ1) is 16.8. The van der Waals surface area contributed by atoms with Crippen LogP contribution in [0.25, 0.3) is 0 Å². The minimum absolute atomic E-state index is 0.0424. The van der Waals surface area contributed by atoms with Crippen LogP contribution in [0.3, 0.4) is 0 Å². The highest BCUT2D eigenvalue weighted by atomic mass is 19.4. The lowest BCUT2D eigenvalue weighted by atomic mass is 9.47. The normalized spacial score (nSPS) is 40.1. The van der Waals surface area contributed by atoms with Crippen molar-refractivity contribution in [3.63, 3.8) is 0 Å². The summed E-state index contributed by atoms with van der Waals surface area (Å²) in [5.74, 6) is 3.19. The van der Waals surface area contributed by atoms with Crippen molar-refractivity contribution in [1.82, 2.24) is 0 Å². The second-order valence-corrected chi connectivity index (χ2v) is 13.7. The first-order valence-electron chi connectivity index (χ1n) is 14.8. The fourth-order valence-corrected chi connectivity index (χ4v) is 9.61. The average molecular weight is 511 g/mol. The molecule has 0 bridgehead atoms. The Morgan fingerprint density at radius 2 is 1.78 bits per heavy atom. The number of esters is 1. The number of fused-ring (bicyclic) bond motifs is 5. The van der Waals surface area contributed by atoms with E-state index in [-0.39, 0.29) is 5.41 Å². The maximum Gasteiger partial charge on any atom is 0.490 e. The molecule has 0 aromatic carbocycles.